The quantitative estimate of drug-likeness (QED) is 0.806. The fourth-order valence-electron chi connectivity index (χ4n) is 1.71. The van der Waals surface area contributed by atoms with Gasteiger partial charge in [-0.05, 0) is 24.6 Å². The number of hydrogen-bond donors (Lipinski definition) is 2. The minimum atomic E-state index is -0.470. The molecule has 1 aromatic heterocycles. The molecule has 2 aromatic rings. The number of hydrogen-bond acceptors (Lipinski definition) is 3. The van der Waals surface area contributed by atoms with Crippen LogP contribution in [0.25, 0.3) is 10.9 Å². The first kappa shape index (κ1) is 12.4. The van der Waals surface area contributed by atoms with Crippen molar-refractivity contribution in [2.24, 2.45) is 0 Å². The number of amides is 1. The second-order valence-corrected chi connectivity index (χ2v) is 3.86. The maximum Gasteiger partial charge on any atom is 0.253 e. The largest absolute Gasteiger partial charge is 0.396 e. The third-order valence-corrected chi connectivity index (χ3v) is 2.53. The zero-order valence-corrected chi connectivity index (χ0v) is 9.69. The summed E-state index contributed by atoms with van der Waals surface area (Å²) in [6.45, 7) is 0.350. The average molecular weight is 248 g/mol. The van der Waals surface area contributed by atoms with E-state index in [1.165, 1.54) is 12.1 Å². The van der Waals surface area contributed by atoms with Crippen molar-refractivity contribution in [3.63, 3.8) is 0 Å². The topological polar surface area (TPSA) is 62.2 Å². The zero-order chi connectivity index (χ0) is 13.0. The highest BCUT2D eigenvalue weighted by molar-refractivity contribution is 6.05. The van der Waals surface area contributed by atoms with Gasteiger partial charge < -0.3 is 10.4 Å². The van der Waals surface area contributed by atoms with Gasteiger partial charge in [0.15, 0.2) is 0 Å². The lowest BCUT2D eigenvalue weighted by Gasteiger charge is -2.07. The molecule has 94 valence electrons. The molecule has 1 aromatic carbocycles. The van der Waals surface area contributed by atoms with Crippen molar-refractivity contribution in [2.75, 3.05) is 13.2 Å². The molecule has 0 aliphatic heterocycles. The van der Waals surface area contributed by atoms with E-state index in [2.05, 4.69) is 10.3 Å². The molecule has 2 rings (SSSR count). The zero-order valence-electron chi connectivity index (χ0n) is 9.69. The Labute approximate surface area is 103 Å². The van der Waals surface area contributed by atoms with Crippen molar-refractivity contribution >= 4 is 16.8 Å². The second kappa shape index (κ2) is 5.55. The van der Waals surface area contributed by atoms with Gasteiger partial charge in [0.1, 0.15) is 5.82 Å². The molecule has 1 heterocycles. The van der Waals surface area contributed by atoms with Crippen LogP contribution in [-0.2, 0) is 0 Å². The number of carbonyl (C=O) groups excluding carboxylic acids is 1. The number of nitrogens with one attached hydrogen (secondary N) is 1. The highest BCUT2D eigenvalue weighted by Crippen LogP contribution is 2.18. The minimum Gasteiger partial charge on any atom is -0.396 e. The van der Waals surface area contributed by atoms with Gasteiger partial charge in [-0.2, -0.15) is 0 Å². The van der Waals surface area contributed by atoms with E-state index in [-0.39, 0.29) is 18.1 Å². The van der Waals surface area contributed by atoms with E-state index < -0.39 is 5.82 Å². The molecule has 0 unspecified atom stereocenters. The number of aliphatic hydroxyl groups is 1. The Morgan fingerprint density at radius 2 is 2.28 bits per heavy atom. The van der Waals surface area contributed by atoms with Gasteiger partial charge in [-0.3, -0.25) is 9.78 Å². The molecule has 0 radical (unpaired) electrons. The van der Waals surface area contributed by atoms with Gasteiger partial charge in [0.25, 0.3) is 5.91 Å². The highest BCUT2D eigenvalue weighted by Gasteiger charge is 2.12. The van der Waals surface area contributed by atoms with Crippen molar-refractivity contribution in [1.82, 2.24) is 10.3 Å². The van der Waals surface area contributed by atoms with Gasteiger partial charge in [-0.15, -0.1) is 0 Å². The average Bonchev–Trinajstić information content (AvgIpc) is 2.38. The van der Waals surface area contributed by atoms with Crippen LogP contribution < -0.4 is 5.32 Å². The molecule has 0 saturated heterocycles. The standard InChI is InChI=1S/C13H13FN2O2/c14-10-7-9-3-1-4-15-12(9)11(8-10)13(18)16-5-2-6-17/h1,3-4,7-8,17H,2,5-6H2,(H,16,18). The summed E-state index contributed by atoms with van der Waals surface area (Å²) in [5, 5.41) is 11.8. The molecule has 18 heavy (non-hydrogen) atoms. The summed E-state index contributed by atoms with van der Waals surface area (Å²) in [5.41, 5.74) is 0.684. The number of rotatable bonds is 4. The molecule has 1 amide bonds. The minimum absolute atomic E-state index is 0.00241. The van der Waals surface area contributed by atoms with E-state index in [0.717, 1.165) is 0 Å². The van der Waals surface area contributed by atoms with Crippen molar-refractivity contribution in [2.45, 2.75) is 6.42 Å². The Kier molecular flexibility index (Phi) is 3.84. The first-order valence-electron chi connectivity index (χ1n) is 5.65. The number of fused-ring (bicyclic) bond motifs is 1. The Bertz CT molecular complexity index is 572. The van der Waals surface area contributed by atoms with Crippen LogP contribution in [0.3, 0.4) is 0 Å². The molecule has 0 aliphatic carbocycles. The Morgan fingerprint density at radius 3 is 3.06 bits per heavy atom. The van der Waals surface area contributed by atoms with Crippen molar-refractivity contribution in [3.8, 4) is 0 Å². The molecule has 0 saturated carbocycles. The predicted molar refractivity (Wildman–Crippen MR) is 65.7 cm³/mol. The van der Waals surface area contributed by atoms with E-state index in [4.69, 9.17) is 5.11 Å². The predicted octanol–water partition coefficient (Wildman–Crippen LogP) is 1.49. The van der Waals surface area contributed by atoms with Crippen LogP contribution in [-0.4, -0.2) is 29.1 Å². The van der Waals surface area contributed by atoms with Gasteiger partial charge >= 0.3 is 0 Å². The fraction of sp³-hybridized carbons (Fsp3) is 0.231. The molecule has 0 bridgehead atoms. The summed E-state index contributed by atoms with van der Waals surface area (Å²) in [5.74, 6) is -0.852. The number of carbonyl (C=O) groups is 1. The summed E-state index contributed by atoms with van der Waals surface area (Å²) < 4.78 is 13.4. The molecule has 0 atom stereocenters. The number of nitrogens with zero attached hydrogens (tertiary/aromatic N) is 1. The van der Waals surface area contributed by atoms with Gasteiger partial charge in [0, 0.05) is 24.7 Å². The summed E-state index contributed by atoms with van der Waals surface area (Å²) in [6.07, 6.45) is 2.02. The van der Waals surface area contributed by atoms with Crippen molar-refractivity contribution < 1.29 is 14.3 Å². The number of halogens is 1. The first-order chi connectivity index (χ1) is 8.72. The third-order valence-electron chi connectivity index (χ3n) is 2.53. The van der Waals surface area contributed by atoms with Crippen molar-refractivity contribution in [3.05, 3.63) is 41.8 Å². The molecule has 5 heteroatoms. The van der Waals surface area contributed by atoms with Gasteiger partial charge in [-0.25, -0.2) is 4.39 Å². The number of benzene rings is 1. The SMILES string of the molecule is O=C(NCCCO)c1cc(F)cc2cccnc12. The third kappa shape index (κ3) is 2.62. The number of aromatic nitrogens is 1. The Morgan fingerprint density at radius 1 is 1.44 bits per heavy atom. The molecule has 0 fully saturated rings. The Balaban J connectivity index is 2.34. The molecule has 0 aliphatic rings. The van der Waals surface area contributed by atoms with Crippen LogP contribution in [0.15, 0.2) is 30.5 Å². The van der Waals surface area contributed by atoms with E-state index >= 15 is 0 Å². The van der Waals surface area contributed by atoms with Gasteiger partial charge in [0.2, 0.25) is 0 Å². The van der Waals surface area contributed by atoms with E-state index in [1.807, 2.05) is 0 Å². The normalized spacial score (nSPS) is 10.6. The van der Waals surface area contributed by atoms with Gasteiger partial charge in [0.05, 0.1) is 11.1 Å². The van der Waals surface area contributed by atoms with Crippen molar-refractivity contribution in [1.29, 1.82) is 0 Å². The highest BCUT2D eigenvalue weighted by atomic mass is 19.1. The number of aliphatic hydroxyl groups excluding tert-OH is 1. The van der Waals surface area contributed by atoms with Gasteiger partial charge in [-0.1, -0.05) is 6.07 Å². The fourth-order valence-corrected chi connectivity index (χ4v) is 1.71. The lowest BCUT2D eigenvalue weighted by Crippen LogP contribution is -2.25. The van der Waals surface area contributed by atoms with E-state index in [0.29, 0.717) is 23.9 Å². The van der Waals surface area contributed by atoms with Crippen LogP contribution in [0, 0.1) is 5.82 Å². The van der Waals surface area contributed by atoms with Crippen LogP contribution in [0.2, 0.25) is 0 Å². The molecular weight excluding hydrogens is 235 g/mol. The Hall–Kier alpha value is -2.01. The van der Waals surface area contributed by atoms with Crippen LogP contribution in [0.4, 0.5) is 4.39 Å². The van der Waals surface area contributed by atoms with Crippen LogP contribution >= 0.6 is 0 Å². The molecule has 4 nitrogen and oxygen atoms in total. The number of pyridine rings is 1. The second-order valence-electron chi connectivity index (χ2n) is 3.86. The van der Waals surface area contributed by atoms with E-state index in [9.17, 15) is 9.18 Å². The molecular formula is C13H13FN2O2. The van der Waals surface area contributed by atoms with Crippen LogP contribution in [0.1, 0.15) is 16.8 Å². The van der Waals surface area contributed by atoms with E-state index in [1.54, 1.807) is 18.3 Å². The monoisotopic (exact) mass is 248 g/mol. The lowest BCUT2D eigenvalue weighted by molar-refractivity contribution is 0.0952. The molecule has 2 N–H and O–H groups in total. The smallest absolute Gasteiger partial charge is 0.253 e. The summed E-state index contributed by atoms with van der Waals surface area (Å²) in [6, 6.07) is 5.90. The molecule has 0 spiro atoms. The first-order valence-corrected chi connectivity index (χ1v) is 5.65. The summed E-state index contributed by atoms with van der Waals surface area (Å²) >= 11 is 0. The summed E-state index contributed by atoms with van der Waals surface area (Å²) in [7, 11) is 0. The summed E-state index contributed by atoms with van der Waals surface area (Å²) in [4.78, 5) is 16.0. The van der Waals surface area contributed by atoms with Crippen LogP contribution in [0.5, 0.6) is 0 Å². The maximum absolute atomic E-state index is 13.4. The maximum atomic E-state index is 13.4. The lowest BCUT2D eigenvalue weighted by atomic mass is 10.1.